The molecular formula is C13H18O2. The van der Waals surface area contributed by atoms with Gasteiger partial charge in [0, 0.05) is 0 Å². The van der Waals surface area contributed by atoms with E-state index in [1.54, 1.807) is 7.11 Å². The third kappa shape index (κ3) is 2.32. The second-order valence-corrected chi connectivity index (χ2v) is 4.27. The van der Waals surface area contributed by atoms with Crippen LogP contribution < -0.4 is 4.74 Å². The van der Waals surface area contributed by atoms with Crippen LogP contribution in [0.4, 0.5) is 0 Å². The summed E-state index contributed by atoms with van der Waals surface area (Å²) in [5, 5.41) is 9.77. The van der Waals surface area contributed by atoms with Gasteiger partial charge in [-0.05, 0) is 36.8 Å². The molecule has 2 nitrogen and oxygen atoms in total. The van der Waals surface area contributed by atoms with Crippen LogP contribution in [-0.2, 0) is 6.42 Å². The number of ether oxygens (including phenoxy) is 1. The summed E-state index contributed by atoms with van der Waals surface area (Å²) in [7, 11) is 1.70. The highest BCUT2D eigenvalue weighted by Crippen LogP contribution is 2.31. The fourth-order valence-electron chi connectivity index (χ4n) is 2.41. The zero-order valence-corrected chi connectivity index (χ0v) is 9.15. The van der Waals surface area contributed by atoms with Gasteiger partial charge in [0.15, 0.2) is 0 Å². The van der Waals surface area contributed by atoms with E-state index < -0.39 is 0 Å². The zero-order chi connectivity index (χ0) is 10.7. The maximum absolute atomic E-state index is 9.77. The molecule has 0 amide bonds. The van der Waals surface area contributed by atoms with Crippen LogP contribution in [0.15, 0.2) is 24.3 Å². The van der Waals surface area contributed by atoms with E-state index in [0.717, 1.165) is 31.4 Å². The molecule has 0 spiro atoms. The SMILES string of the molecule is COc1ccccc1C[C@@H]1CCC[C@@H]1O. The van der Waals surface area contributed by atoms with Crippen molar-refractivity contribution < 1.29 is 9.84 Å². The Morgan fingerprint density at radius 2 is 2.13 bits per heavy atom. The van der Waals surface area contributed by atoms with Crippen molar-refractivity contribution in [3.63, 3.8) is 0 Å². The van der Waals surface area contributed by atoms with Gasteiger partial charge < -0.3 is 9.84 Å². The number of hydrogen-bond donors (Lipinski definition) is 1. The van der Waals surface area contributed by atoms with Crippen molar-refractivity contribution in [2.45, 2.75) is 31.8 Å². The first-order chi connectivity index (χ1) is 7.31. The lowest BCUT2D eigenvalue weighted by molar-refractivity contribution is 0.132. The molecule has 0 heterocycles. The topological polar surface area (TPSA) is 29.5 Å². The molecule has 2 rings (SSSR count). The van der Waals surface area contributed by atoms with Gasteiger partial charge in [-0.25, -0.2) is 0 Å². The molecule has 1 aliphatic carbocycles. The van der Waals surface area contributed by atoms with Gasteiger partial charge >= 0.3 is 0 Å². The third-order valence-electron chi connectivity index (χ3n) is 3.29. The second kappa shape index (κ2) is 4.67. The van der Waals surface area contributed by atoms with Crippen molar-refractivity contribution in [3.8, 4) is 5.75 Å². The summed E-state index contributed by atoms with van der Waals surface area (Å²) in [6.45, 7) is 0. The van der Waals surface area contributed by atoms with E-state index in [2.05, 4.69) is 6.07 Å². The Hall–Kier alpha value is -1.02. The summed E-state index contributed by atoms with van der Waals surface area (Å²) in [6, 6.07) is 8.08. The Labute approximate surface area is 90.9 Å². The smallest absolute Gasteiger partial charge is 0.122 e. The van der Waals surface area contributed by atoms with Gasteiger partial charge in [0.05, 0.1) is 13.2 Å². The predicted octanol–water partition coefficient (Wildman–Crippen LogP) is 2.40. The molecule has 1 N–H and O–H groups in total. The number of rotatable bonds is 3. The van der Waals surface area contributed by atoms with Crippen molar-refractivity contribution in [1.82, 2.24) is 0 Å². The highest BCUT2D eigenvalue weighted by molar-refractivity contribution is 5.33. The summed E-state index contributed by atoms with van der Waals surface area (Å²) < 4.78 is 5.31. The lowest BCUT2D eigenvalue weighted by atomic mass is 9.96. The normalized spacial score (nSPS) is 25.5. The molecule has 1 aliphatic rings. The predicted molar refractivity (Wildman–Crippen MR) is 60.0 cm³/mol. The average molecular weight is 206 g/mol. The van der Waals surface area contributed by atoms with Crippen molar-refractivity contribution in [1.29, 1.82) is 0 Å². The first kappa shape index (κ1) is 10.5. The monoisotopic (exact) mass is 206 g/mol. The van der Waals surface area contributed by atoms with Gasteiger partial charge in [0.2, 0.25) is 0 Å². The Morgan fingerprint density at radius 1 is 1.33 bits per heavy atom. The Morgan fingerprint density at radius 3 is 2.80 bits per heavy atom. The summed E-state index contributed by atoms with van der Waals surface area (Å²) in [4.78, 5) is 0. The van der Waals surface area contributed by atoms with Gasteiger partial charge in [-0.2, -0.15) is 0 Å². The van der Waals surface area contributed by atoms with E-state index in [9.17, 15) is 5.11 Å². The van der Waals surface area contributed by atoms with Crippen LogP contribution in [0.3, 0.4) is 0 Å². The number of benzene rings is 1. The first-order valence-electron chi connectivity index (χ1n) is 5.61. The minimum Gasteiger partial charge on any atom is -0.496 e. The van der Waals surface area contributed by atoms with Crippen molar-refractivity contribution >= 4 is 0 Å². The number of methoxy groups -OCH3 is 1. The quantitative estimate of drug-likeness (QED) is 0.823. The van der Waals surface area contributed by atoms with Gasteiger partial charge in [-0.3, -0.25) is 0 Å². The highest BCUT2D eigenvalue weighted by Gasteiger charge is 2.25. The molecule has 0 aliphatic heterocycles. The van der Waals surface area contributed by atoms with Crippen molar-refractivity contribution in [2.75, 3.05) is 7.11 Å². The van der Waals surface area contributed by atoms with Gasteiger partial charge in [-0.1, -0.05) is 24.6 Å². The van der Waals surface area contributed by atoms with E-state index >= 15 is 0 Å². The van der Waals surface area contributed by atoms with E-state index in [4.69, 9.17) is 4.74 Å². The standard InChI is InChI=1S/C13H18O2/c1-15-13-8-3-2-5-11(13)9-10-6-4-7-12(10)14/h2-3,5,8,10,12,14H,4,6-7,9H2,1H3/t10-,12-/m0/s1. The third-order valence-corrected chi connectivity index (χ3v) is 3.29. The summed E-state index contributed by atoms with van der Waals surface area (Å²) in [5.74, 6) is 1.36. The fourth-order valence-corrected chi connectivity index (χ4v) is 2.41. The summed E-state index contributed by atoms with van der Waals surface area (Å²) in [5.41, 5.74) is 1.21. The molecule has 1 saturated carbocycles. The van der Waals surface area contributed by atoms with Crippen molar-refractivity contribution in [3.05, 3.63) is 29.8 Å². The van der Waals surface area contributed by atoms with Crippen LogP contribution in [0.5, 0.6) is 5.75 Å². The summed E-state index contributed by atoms with van der Waals surface area (Å²) >= 11 is 0. The molecule has 0 bridgehead atoms. The molecule has 0 saturated heterocycles. The van der Waals surface area contributed by atoms with E-state index in [-0.39, 0.29) is 6.10 Å². The molecule has 1 aromatic carbocycles. The van der Waals surface area contributed by atoms with E-state index in [1.165, 1.54) is 5.56 Å². The highest BCUT2D eigenvalue weighted by atomic mass is 16.5. The molecule has 0 aromatic heterocycles. The van der Waals surface area contributed by atoms with Gasteiger partial charge in [-0.15, -0.1) is 0 Å². The Bertz CT molecular complexity index is 322. The van der Waals surface area contributed by atoms with Crippen molar-refractivity contribution in [2.24, 2.45) is 5.92 Å². The lowest BCUT2D eigenvalue weighted by Crippen LogP contribution is -2.15. The average Bonchev–Trinajstić information content (AvgIpc) is 2.65. The molecule has 0 unspecified atom stereocenters. The van der Waals surface area contributed by atoms with Crippen LogP contribution in [0, 0.1) is 5.92 Å². The maximum atomic E-state index is 9.77. The van der Waals surface area contributed by atoms with Crippen LogP contribution >= 0.6 is 0 Å². The van der Waals surface area contributed by atoms with E-state index in [0.29, 0.717) is 5.92 Å². The van der Waals surface area contributed by atoms with Crippen LogP contribution in [0.2, 0.25) is 0 Å². The fraction of sp³-hybridized carbons (Fsp3) is 0.538. The molecule has 0 radical (unpaired) electrons. The lowest BCUT2D eigenvalue weighted by Gasteiger charge is -2.16. The molecule has 2 heteroatoms. The molecule has 15 heavy (non-hydrogen) atoms. The van der Waals surface area contributed by atoms with Crippen LogP contribution in [0.1, 0.15) is 24.8 Å². The zero-order valence-electron chi connectivity index (χ0n) is 9.15. The Balaban J connectivity index is 2.09. The number of aliphatic hydroxyl groups excluding tert-OH is 1. The van der Waals surface area contributed by atoms with Gasteiger partial charge in [0.1, 0.15) is 5.75 Å². The minimum atomic E-state index is -0.116. The maximum Gasteiger partial charge on any atom is 0.122 e. The Kier molecular flexibility index (Phi) is 3.27. The molecule has 82 valence electrons. The molecular weight excluding hydrogens is 188 g/mol. The van der Waals surface area contributed by atoms with Gasteiger partial charge in [0.25, 0.3) is 0 Å². The number of hydrogen-bond acceptors (Lipinski definition) is 2. The van der Waals surface area contributed by atoms with Crippen LogP contribution in [-0.4, -0.2) is 18.3 Å². The second-order valence-electron chi connectivity index (χ2n) is 4.27. The largest absolute Gasteiger partial charge is 0.496 e. The minimum absolute atomic E-state index is 0.116. The molecule has 1 fully saturated rings. The number of aliphatic hydroxyl groups is 1. The summed E-state index contributed by atoms with van der Waals surface area (Å²) in [6.07, 6.45) is 4.07. The number of para-hydroxylation sites is 1. The first-order valence-corrected chi connectivity index (χ1v) is 5.61. The van der Waals surface area contributed by atoms with E-state index in [1.807, 2.05) is 18.2 Å². The van der Waals surface area contributed by atoms with Crippen LogP contribution in [0.25, 0.3) is 0 Å². The molecule has 2 atom stereocenters. The molecule has 1 aromatic rings.